The molecule has 0 saturated heterocycles. The summed E-state index contributed by atoms with van der Waals surface area (Å²) < 4.78 is 16.5. The van der Waals surface area contributed by atoms with E-state index in [0.717, 1.165) is 6.42 Å². The SMILES string of the molecule is CCOc1cc(/C=C2\N=C(C)OC2=O)cc(Cl)c1OCCc1ccccc1. The van der Waals surface area contributed by atoms with Crippen LogP contribution >= 0.6 is 11.6 Å². The second-order valence-corrected chi connectivity index (χ2v) is 6.30. The molecule has 0 aliphatic carbocycles. The van der Waals surface area contributed by atoms with Gasteiger partial charge < -0.3 is 14.2 Å². The molecule has 2 aromatic carbocycles. The highest BCUT2D eigenvalue weighted by atomic mass is 35.5. The molecular weight excluding hydrogens is 366 g/mol. The maximum atomic E-state index is 11.7. The Bertz CT molecular complexity index is 891. The Kier molecular flexibility index (Phi) is 6.14. The smallest absolute Gasteiger partial charge is 0.363 e. The van der Waals surface area contributed by atoms with E-state index in [4.69, 9.17) is 25.8 Å². The van der Waals surface area contributed by atoms with Crippen LogP contribution in [0.4, 0.5) is 0 Å². The van der Waals surface area contributed by atoms with Crippen molar-refractivity contribution in [1.29, 1.82) is 0 Å². The van der Waals surface area contributed by atoms with E-state index in [1.807, 2.05) is 37.3 Å². The second kappa shape index (κ2) is 8.73. The minimum atomic E-state index is -0.482. The predicted molar refractivity (Wildman–Crippen MR) is 105 cm³/mol. The van der Waals surface area contributed by atoms with Gasteiger partial charge in [0.05, 0.1) is 18.2 Å². The maximum absolute atomic E-state index is 11.7. The Balaban J connectivity index is 1.80. The van der Waals surface area contributed by atoms with E-state index >= 15 is 0 Å². The number of carbonyl (C=O) groups is 1. The average Bonchev–Trinajstić information content (AvgIpc) is 2.95. The number of esters is 1. The second-order valence-electron chi connectivity index (χ2n) is 5.90. The van der Waals surface area contributed by atoms with E-state index in [1.165, 1.54) is 5.56 Å². The molecule has 0 atom stereocenters. The number of aliphatic imine (C=N–C) groups is 1. The molecule has 0 bridgehead atoms. The number of cyclic esters (lactones) is 1. The standard InChI is InChI=1S/C21H20ClNO4/c1-3-25-19-13-16(12-18-21(24)27-14(2)23-18)11-17(22)20(19)26-10-9-15-7-5-4-6-8-15/h4-8,11-13H,3,9-10H2,1-2H3/b18-12-. The molecule has 0 radical (unpaired) electrons. The largest absolute Gasteiger partial charge is 0.490 e. The van der Waals surface area contributed by atoms with Crippen LogP contribution in [0.5, 0.6) is 11.5 Å². The van der Waals surface area contributed by atoms with Crippen LogP contribution in [0.1, 0.15) is 25.0 Å². The Labute approximate surface area is 163 Å². The number of carbonyl (C=O) groups excluding carboxylic acids is 1. The van der Waals surface area contributed by atoms with Gasteiger partial charge in [-0.1, -0.05) is 41.9 Å². The first-order valence-electron chi connectivity index (χ1n) is 8.69. The first kappa shape index (κ1) is 19.0. The predicted octanol–water partition coefficient (Wildman–Crippen LogP) is 4.68. The highest BCUT2D eigenvalue weighted by Gasteiger charge is 2.20. The molecule has 6 heteroatoms. The van der Waals surface area contributed by atoms with E-state index in [9.17, 15) is 4.79 Å². The number of benzene rings is 2. The first-order chi connectivity index (χ1) is 13.1. The summed E-state index contributed by atoms with van der Waals surface area (Å²) in [7, 11) is 0. The normalized spacial score (nSPS) is 14.9. The van der Waals surface area contributed by atoms with Gasteiger partial charge in [0, 0.05) is 13.3 Å². The summed E-state index contributed by atoms with van der Waals surface area (Å²) >= 11 is 6.42. The molecular formula is C21H20ClNO4. The summed E-state index contributed by atoms with van der Waals surface area (Å²) in [6, 6.07) is 13.6. The van der Waals surface area contributed by atoms with Gasteiger partial charge in [-0.25, -0.2) is 9.79 Å². The molecule has 0 aromatic heterocycles. The van der Waals surface area contributed by atoms with Crippen LogP contribution in [-0.4, -0.2) is 25.1 Å². The Morgan fingerprint density at radius 2 is 1.96 bits per heavy atom. The van der Waals surface area contributed by atoms with Crippen LogP contribution in [0.2, 0.25) is 5.02 Å². The van der Waals surface area contributed by atoms with Crippen LogP contribution in [0.15, 0.2) is 53.2 Å². The van der Waals surface area contributed by atoms with Crippen molar-refractivity contribution in [2.24, 2.45) is 4.99 Å². The van der Waals surface area contributed by atoms with Gasteiger partial charge in [-0.3, -0.25) is 0 Å². The van der Waals surface area contributed by atoms with Crippen molar-refractivity contribution in [3.8, 4) is 11.5 Å². The average molecular weight is 386 g/mol. The van der Waals surface area contributed by atoms with Crippen LogP contribution < -0.4 is 9.47 Å². The molecule has 0 fully saturated rings. The molecule has 0 spiro atoms. The highest BCUT2D eigenvalue weighted by molar-refractivity contribution is 6.32. The number of hydrogen-bond donors (Lipinski definition) is 0. The molecule has 3 rings (SSSR count). The van der Waals surface area contributed by atoms with E-state index in [-0.39, 0.29) is 5.70 Å². The molecule has 140 valence electrons. The molecule has 0 saturated carbocycles. The van der Waals surface area contributed by atoms with Crippen LogP contribution in [0.25, 0.3) is 6.08 Å². The van der Waals surface area contributed by atoms with Crippen molar-refractivity contribution in [1.82, 2.24) is 0 Å². The number of ether oxygens (including phenoxy) is 3. The molecule has 1 heterocycles. The third kappa shape index (κ3) is 4.89. The lowest BCUT2D eigenvalue weighted by Crippen LogP contribution is -2.04. The van der Waals surface area contributed by atoms with Gasteiger partial charge in [-0.15, -0.1) is 0 Å². The molecule has 1 aliphatic heterocycles. The summed E-state index contributed by atoms with van der Waals surface area (Å²) in [6.07, 6.45) is 2.37. The molecule has 0 unspecified atom stereocenters. The monoisotopic (exact) mass is 385 g/mol. The Morgan fingerprint density at radius 1 is 1.19 bits per heavy atom. The first-order valence-corrected chi connectivity index (χ1v) is 9.07. The Hall–Kier alpha value is -2.79. The summed E-state index contributed by atoms with van der Waals surface area (Å²) in [5, 5.41) is 0.410. The molecule has 0 amide bonds. The van der Waals surface area contributed by atoms with E-state index in [1.54, 1.807) is 25.1 Å². The van der Waals surface area contributed by atoms with Gasteiger partial charge >= 0.3 is 5.97 Å². The quantitative estimate of drug-likeness (QED) is 0.513. The zero-order valence-electron chi connectivity index (χ0n) is 15.2. The topological polar surface area (TPSA) is 57.1 Å². The van der Waals surface area contributed by atoms with Gasteiger partial charge in [0.25, 0.3) is 0 Å². The van der Waals surface area contributed by atoms with Gasteiger partial charge in [-0.05, 0) is 36.3 Å². The molecule has 2 aromatic rings. The van der Waals surface area contributed by atoms with Gasteiger partial charge in [0.1, 0.15) is 0 Å². The number of hydrogen-bond acceptors (Lipinski definition) is 5. The van der Waals surface area contributed by atoms with E-state index < -0.39 is 5.97 Å². The molecule has 5 nitrogen and oxygen atoms in total. The van der Waals surface area contributed by atoms with Crippen molar-refractivity contribution in [3.63, 3.8) is 0 Å². The molecule has 27 heavy (non-hydrogen) atoms. The van der Waals surface area contributed by atoms with Crippen LogP contribution in [0, 0.1) is 0 Å². The van der Waals surface area contributed by atoms with E-state index in [0.29, 0.717) is 41.2 Å². The zero-order chi connectivity index (χ0) is 19.2. The van der Waals surface area contributed by atoms with Crippen LogP contribution in [-0.2, 0) is 16.0 Å². The van der Waals surface area contributed by atoms with Crippen molar-refractivity contribution in [2.75, 3.05) is 13.2 Å². The minimum absolute atomic E-state index is 0.226. The lowest BCUT2D eigenvalue weighted by atomic mass is 10.1. The van der Waals surface area contributed by atoms with Crippen molar-refractivity contribution in [2.45, 2.75) is 20.3 Å². The lowest BCUT2D eigenvalue weighted by Gasteiger charge is -2.14. The minimum Gasteiger partial charge on any atom is -0.490 e. The van der Waals surface area contributed by atoms with Crippen molar-refractivity contribution in [3.05, 3.63) is 64.3 Å². The summed E-state index contributed by atoms with van der Waals surface area (Å²) in [5.41, 5.74) is 2.09. The molecule has 0 N–H and O–H groups in total. The fourth-order valence-corrected chi connectivity index (χ4v) is 2.94. The van der Waals surface area contributed by atoms with Gasteiger partial charge in [-0.2, -0.15) is 0 Å². The Morgan fingerprint density at radius 3 is 2.63 bits per heavy atom. The maximum Gasteiger partial charge on any atom is 0.363 e. The lowest BCUT2D eigenvalue weighted by molar-refractivity contribution is -0.130. The number of nitrogens with zero attached hydrogens (tertiary/aromatic N) is 1. The summed E-state index contributed by atoms with van der Waals surface area (Å²) in [4.78, 5) is 15.8. The van der Waals surface area contributed by atoms with Gasteiger partial charge in [0.15, 0.2) is 23.1 Å². The van der Waals surface area contributed by atoms with Gasteiger partial charge in [0.2, 0.25) is 0 Å². The summed E-state index contributed by atoms with van der Waals surface area (Å²) in [6.45, 7) is 4.44. The van der Waals surface area contributed by atoms with Crippen molar-refractivity contribution >= 4 is 29.5 Å². The number of halogens is 1. The summed E-state index contributed by atoms with van der Waals surface area (Å²) in [5.74, 6) is 0.857. The third-order valence-corrected chi connectivity index (χ3v) is 4.12. The highest BCUT2D eigenvalue weighted by Crippen LogP contribution is 2.37. The third-order valence-electron chi connectivity index (χ3n) is 3.84. The van der Waals surface area contributed by atoms with E-state index in [2.05, 4.69) is 4.99 Å². The number of rotatable bonds is 7. The fourth-order valence-electron chi connectivity index (χ4n) is 2.66. The zero-order valence-corrected chi connectivity index (χ0v) is 16.0. The fraction of sp³-hybridized carbons (Fsp3) is 0.238. The van der Waals surface area contributed by atoms with Crippen molar-refractivity contribution < 1.29 is 19.0 Å². The van der Waals surface area contributed by atoms with Crippen LogP contribution in [0.3, 0.4) is 0 Å². The molecule has 1 aliphatic rings.